The first-order chi connectivity index (χ1) is 5.43. The predicted octanol–water partition coefficient (Wildman–Crippen LogP) is 1.76. The summed E-state index contributed by atoms with van der Waals surface area (Å²) in [5.41, 5.74) is 0. The van der Waals surface area contributed by atoms with Crippen LogP contribution in [0.25, 0.3) is 0 Å². The van der Waals surface area contributed by atoms with Gasteiger partial charge in [-0.3, -0.25) is 9.59 Å². The summed E-state index contributed by atoms with van der Waals surface area (Å²) in [5, 5.41) is 0. The summed E-state index contributed by atoms with van der Waals surface area (Å²) in [4.78, 5) is 21.4. The quantitative estimate of drug-likeness (QED) is 0.481. The van der Waals surface area contributed by atoms with E-state index < -0.39 is 11.9 Å². The van der Waals surface area contributed by atoms with Gasteiger partial charge in [0.1, 0.15) is 0 Å². The van der Waals surface area contributed by atoms with Crippen molar-refractivity contribution in [1.82, 2.24) is 0 Å². The molecule has 3 heteroatoms. The predicted molar refractivity (Wildman–Crippen MR) is 45.4 cm³/mol. The number of ether oxygens (including phenoxy) is 1. The van der Waals surface area contributed by atoms with Gasteiger partial charge >= 0.3 is 11.9 Å². The smallest absolute Gasteiger partial charge is 0.316 e. The van der Waals surface area contributed by atoms with Gasteiger partial charge in [0.05, 0.1) is 5.92 Å². The van der Waals surface area contributed by atoms with Crippen molar-refractivity contribution in [2.45, 2.75) is 34.1 Å². The molecule has 0 amide bonds. The third kappa shape index (κ3) is 4.88. The lowest BCUT2D eigenvalue weighted by molar-refractivity contribution is -0.161. The Labute approximate surface area is 73.1 Å². The van der Waals surface area contributed by atoms with E-state index in [-0.39, 0.29) is 5.92 Å². The molecule has 0 saturated heterocycles. The Morgan fingerprint density at radius 1 is 1.25 bits per heavy atom. The zero-order valence-electron chi connectivity index (χ0n) is 8.09. The van der Waals surface area contributed by atoms with E-state index in [0.717, 1.165) is 6.42 Å². The van der Waals surface area contributed by atoms with Crippen LogP contribution in [-0.4, -0.2) is 11.9 Å². The molecule has 0 N–H and O–H groups in total. The highest BCUT2D eigenvalue weighted by Crippen LogP contribution is 2.12. The van der Waals surface area contributed by atoms with Gasteiger partial charge in [0.2, 0.25) is 0 Å². The van der Waals surface area contributed by atoms with Crippen LogP contribution in [0.4, 0.5) is 0 Å². The minimum Gasteiger partial charge on any atom is -0.393 e. The van der Waals surface area contributed by atoms with Crippen molar-refractivity contribution in [3.8, 4) is 0 Å². The number of esters is 2. The van der Waals surface area contributed by atoms with Crippen LogP contribution < -0.4 is 0 Å². The standard InChI is InChI=1S/C9H16O3/c1-6(2)5-7(3)9(11)12-8(4)10/h6-7H,5H2,1-4H3. The van der Waals surface area contributed by atoms with Crippen molar-refractivity contribution >= 4 is 11.9 Å². The van der Waals surface area contributed by atoms with Crippen molar-refractivity contribution < 1.29 is 14.3 Å². The highest BCUT2D eigenvalue weighted by molar-refractivity contribution is 5.85. The first-order valence-electron chi connectivity index (χ1n) is 4.15. The van der Waals surface area contributed by atoms with Crippen molar-refractivity contribution in [2.75, 3.05) is 0 Å². The molecule has 0 spiro atoms. The molecule has 0 bridgehead atoms. The SMILES string of the molecule is CC(=O)OC(=O)C(C)CC(C)C. The van der Waals surface area contributed by atoms with Crippen LogP contribution in [0.2, 0.25) is 0 Å². The minimum atomic E-state index is -0.532. The summed E-state index contributed by atoms with van der Waals surface area (Å²) in [6.07, 6.45) is 0.756. The number of hydrogen-bond acceptors (Lipinski definition) is 3. The van der Waals surface area contributed by atoms with E-state index in [9.17, 15) is 9.59 Å². The molecule has 3 nitrogen and oxygen atoms in total. The molecule has 0 aromatic heterocycles. The van der Waals surface area contributed by atoms with Crippen LogP contribution in [0.1, 0.15) is 34.1 Å². The fourth-order valence-corrected chi connectivity index (χ4v) is 1.05. The first kappa shape index (κ1) is 11.1. The number of rotatable bonds is 3. The van der Waals surface area contributed by atoms with Crippen LogP contribution in [0.15, 0.2) is 0 Å². The van der Waals surface area contributed by atoms with Gasteiger partial charge in [-0.2, -0.15) is 0 Å². The van der Waals surface area contributed by atoms with Crippen molar-refractivity contribution in [3.05, 3.63) is 0 Å². The van der Waals surface area contributed by atoms with Crippen molar-refractivity contribution in [3.63, 3.8) is 0 Å². The Kier molecular flexibility index (Phi) is 4.55. The molecule has 0 aliphatic heterocycles. The van der Waals surface area contributed by atoms with Gasteiger partial charge < -0.3 is 4.74 Å². The number of carbonyl (C=O) groups excluding carboxylic acids is 2. The molecule has 0 aromatic rings. The van der Waals surface area contributed by atoms with E-state index in [1.807, 2.05) is 13.8 Å². The molecule has 0 aromatic carbocycles. The topological polar surface area (TPSA) is 43.4 Å². The maximum atomic E-state index is 11.0. The summed E-state index contributed by atoms with van der Waals surface area (Å²) >= 11 is 0. The average molecular weight is 172 g/mol. The number of hydrogen-bond donors (Lipinski definition) is 0. The lowest BCUT2D eigenvalue weighted by atomic mass is 9.99. The molecule has 0 fully saturated rings. The monoisotopic (exact) mass is 172 g/mol. The molecule has 12 heavy (non-hydrogen) atoms. The molecular weight excluding hydrogens is 156 g/mol. The normalized spacial score (nSPS) is 12.8. The third-order valence-electron chi connectivity index (χ3n) is 1.47. The lowest BCUT2D eigenvalue weighted by Crippen LogP contribution is -2.18. The van der Waals surface area contributed by atoms with E-state index in [2.05, 4.69) is 4.74 Å². The summed E-state index contributed by atoms with van der Waals surface area (Å²) in [5.74, 6) is -0.694. The number of carbonyl (C=O) groups is 2. The lowest BCUT2D eigenvalue weighted by Gasteiger charge is -2.10. The molecule has 0 heterocycles. The second kappa shape index (κ2) is 4.91. The third-order valence-corrected chi connectivity index (χ3v) is 1.47. The van der Waals surface area contributed by atoms with Gasteiger partial charge in [0, 0.05) is 6.92 Å². The van der Waals surface area contributed by atoms with Crippen LogP contribution in [0.5, 0.6) is 0 Å². The molecule has 0 rings (SSSR count). The van der Waals surface area contributed by atoms with Crippen LogP contribution in [0.3, 0.4) is 0 Å². The van der Waals surface area contributed by atoms with Gasteiger partial charge in [-0.25, -0.2) is 0 Å². The van der Waals surface area contributed by atoms with Crippen LogP contribution in [-0.2, 0) is 14.3 Å². The summed E-state index contributed by atoms with van der Waals surface area (Å²) in [7, 11) is 0. The Morgan fingerprint density at radius 3 is 2.08 bits per heavy atom. The highest BCUT2D eigenvalue weighted by atomic mass is 16.6. The van der Waals surface area contributed by atoms with Gasteiger partial charge in [0.15, 0.2) is 0 Å². The highest BCUT2D eigenvalue weighted by Gasteiger charge is 2.17. The van der Waals surface area contributed by atoms with E-state index in [4.69, 9.17) is 0 Å². The Morgan fingerprint density at radius 2 is 1.75 bits per heavy atom. The molecule has 1 unspecified atom stereocenters. The molecule has 0 aliphatic rings. The van der Waals surface area contributed by atoms with Gasteiger partial charge in [0.25, 0.3) is 0 Å². The second-order valence-electron chi connectivity index (χ2n) is 3.44. The largest absolute Gasteiger partial charge is 0.393 e. The van der Waals surface area contributed by atoms with Gasteiger partial charge in [-0.15, -0.1) is 0 Å². The van der Waals surface area contributed by atoms with Gasteiger partial charge in [-0.05, 0) is 12.3 Å². The average Bonchev–Trinajstić information content (AvgIpc) is 1.84. The van der Waals surface area contributed by atoms with E-state index in [1.165, 1.54) is 6.92 Å². The van der Waals surface area contributed by atoms with Crippen molar-refractivity contribution in [2.24, 2.45) is 11.8 Å². The minimum absolute atomic E-state index is 0.186. The fourth-order valence-electron chi connectivity index (χ4n) is 1.05. The first-order valence-corrected chi connectivity index (χ1v) is 4.15. The maximum Gasteiger partial charge on any atom is 0.316 e. The fraction of sp³-hybridized carbons (Fsp3) is 0.778. The Bertz CT molecular complexity index is 173. The summed E-state index contributed by atoms with van der Waals surface area (Å²) in [6.45, 7) is 7.06. The zero-order chi connectivity index (χ0) is 9.72. The molecule has 0 saturated carbocycles. The van der Waals surface area contributed by atoms with E-state index in [0.29, 0.717) is 5.92 Å². The maximum absolute atomic E-state index is 11.0. The molecular formula is C9H16O3. The second-order valence-corrected chi connectivity index (χ2v) is 3.44. The zero-order valence-corrected chi connectivity index (χ0v) is 8.09. The molecule has 0 aliphatic carbocycles. The Hall–Kier alpha value is -0.860. The van der Waals surface area contributed by atoms with E-state index in [1.54, 1.807) is 6.92 Å². The van der Waals surface area contributed by atoms with E-state index >= 15 is 0 Å². The summed E-state index contributed by atoms with van der Waals surface area (Å²) < 4.78 is 4.44. The van der Waals surface area contributed by atoms with Crippen LogP contribution >= 0.6 is 0 Å². The van der Waals surface area contributed by atoms with Gasteiger partial charge in [-0.1, -0.05) is 20.8 Å². The van der Waals surface area contributed by atoms with Crippen molar-refractivity contribution in [1.29, 1.82) is 0 Å². The molecule has 0 radical (unpaired) electrons. The summed E-state index contributed by atoms with van der Waals surface area (Å²) in [6, 6.07) is 0. The Balaban J connectivity index is 3.85. The molecule has 70 valence electrons. The molecule has 1 atom stereocenters. The van der Waals surface area contributed by atoms with Crippen LogP contribution in [0, 0.1) is 11.8 Å².